The number of carboxylic acids is 1. The molecule has 17 heavy (non-hydrogen) atoms. The summed E-state index contributed by atoms with van der Waals surface area (Å²) in [6, 6.07) is -0.474. The van der Waals surface area contributed by atoms with Gasteiger partial charge in [-0.05, 0) is 25.9 Å². The molecular weight excluding hydrogens is 226 g/mol. The van der Waals surface area contributed by atoms with E-state index in [0.29, 0.717) is 25.9 Å². The van der Waals surface area contributed by atoms with Crippen LogP contribution in [0.1, 0.15) is 19.3 Å². The summed E-state index contributed by atoms with van der Waals surface area (Å²) in [5.41, 5.74) is -0.805. The Morgan fingerprint density at radius 3 is 2.59 bits per heavy atom. The largest absolute Gasteiger partial charge is 0.481 e. The van der Waals surface area contributed by atoms with Crippen LogP contribution >= 0.6 is 0 Å². The number of imide groups is 1. The zero-order valence-corrected chi connectivity index (χ0v) is 9.36. The first-order valence-corrected chi connectivity index (χ1v) is 5.62. The summed E-state index contributed by atoms with van der Waals surface area (Å²) in [5, 5.41) is 14.4. The summed E-state index contributed by atoms with van der Waals surface area (Å²) in [7, 11) is 0. The van der Waals surface area contributed by atoms with Crippen molar-refractivity contribution >= 4 is 17.9 Å². The highest BCUT2D eigenvalue weighted by Gasteiger charge is 2.51. The SMILES string of the molecule is O=C(O)CCN1C(=O)NC2(CCNCC2)C1=O. The normalized spacial score (nSPS) is 22.9. The van der Waals surface area contributed by atoms with E-state index < -0.39 is 17.5 Å². The molecule has 2 aliphatic heterocycles. The maximum atomic E-state index is 12.1. The van der Waals surface area contributed by atoms with E-state index in [9.17, 15) is 14.4 Å². The Hall–Kier alpha value is -1.63. The molecule has 0 radical (unpaired) electrons. The molecule has 0 aliphatic carbocycles. The lowest BCUT2D eigenvalue weighted by Crippen LogP contribution is -2.53. The summed E-state index contributed by atoms with van der Waals surface area (Å²) < 4.78 is 0. The zero-order valence-electron chi connectivity index (χ0n) is 9.36. The predicted molar refractivity (Wildman–Crippen MR) is 57.3 cm³/mol. The predicted octanol–water partition coefficient (Wildman–Crippen LogP) is -0.865. The molecular formula is C10H15N3O4. The summed E-state index contributed by atoms with van der Waals surface area (Å²) >= 11 is 0. The number of hydrogen-bond acceptors (Lipinski definition) is 4. The van der Waals surface area contributed by atoms with Gasteiger partial charge in [-0.1, -0.05) is 0 Å². The summed E-state index contributed by atoms with van der Waals surface area (Å²) in [6.07, 6.45) is 0.899. The van der Waals surface area contributed by atoms with Crippen molar-refractivity contribution in [2.45, 2.75) is 24.8 Å². The van der Waals surface area contributed by atoms with Gasteiger partial charge in [-0.15, -0.1) is 0 Å². The molecule has 0 atom stereocenters. The molecule has 0 unspecified atom stereocenters. The molecule has 7 heteroatoms. The molecule has 0 aromatic heterocycles. The average molecular weight is 241 g/mol. The minimum atomic E-state index is -1.02. The van der Waals surface area contributed by atoms with E-state index in [2.05, 4.69) is 10.6 Å². The summed E-state index contributed by atoms with van der Waals surface area (Å²) in [4.78, 5) is 35.2. The Balaban J connectivity index is 2.07. The first-order valence-electron chi connectivity index (χ1n) is 5.62. The van der Waals surface area contributed by atoms with Crippen molar-refractivity contribution < 1.29 is 19.5 Å². The van der Waals surface area contributed by atoms with Gasteiger partial charge in [0.05, 0.1) is 6.42 Å². The number of urea groups is 1. The van der Waals surface area contributed by atoms with E-state index in [1.165, 1.54) is 0 Å². The fraction of sp³-hybridized carbons (Fsp3) is 0.700. The number of carboxylic acid groups (broad SMARTS) is 1. The van der Waals surface area contributed by atoms with Gasteiger partial charge in [0, 0.05) is 6.54 Å². The van der Waals surface area contributed by atoms with E-state index in [1.807, 2.05) is 0 Å². The number of nitrogens with zero attached hydrogens (tertiary/aromatic N) is 1. The topological polar surface area (TPSA) is 98.7 Å². The van der Waals surface area contributed by atoms with Crippen LogP contribution in [-0.2, 0) is 9.59 Å². The maximum Gasteiger partial charge on any atom is 0.325 e. The molecule has 2 aliphatic rings. The van der Waals surface area contributed by atoms with Crippen LogP contribution in [0.15, 0.2) is 0 Å². The Bertz CT molecular complexity index is 363. The second kappa shape index (κ2) is 4.33. The molecule has 2 rings (SSSR count). The lowest BCUT2D eigenvalue weighted by molar-refractivity contribution is -0.138. The van der Waals surface area contributed by atoms with Crippen molar-refractivity contribution in [3.63, 3.8) is 0 Å². The van der Waals surface area contributed by atoms with Gasteiger partial charge in [0.2, 0.25) is 0 Å². The number of aliphatic carboxylic acids is 1. The van der Waals surface area contributed by atoms with Crippen molar-refractivity contribution in [1.29, 1.82) is 0 Å². The van der Waals surface area contributed by atoms with Crippen LogP contribution in [0.25, 0.3) is 0 Å². The fourth-order valence-corrected chi connectivity index (χ4v) is 2.28. The molecule has 3 amide bonds. The van der Waals surface area contributed by atoms with Crippen LogP contribution < -0.4 is 10.6 Å². The van der Waals surface area contributed by atoms with Crippen molar-refractivity contribution in [2.24, 2.45) is 0 Å². The number of nitrogens with one attached hydrogen (secondary N) is 2. The third kappa shape index (κ3) is 2.10. The monoisotopic (exact) mass is 241 g/mol. The summed E-state index contributed by atoms with van der Waals surface area (Å²) in [5.74, 6) is -1.30. The van der Waals surface area contributed by atoms with Crippen molar-refractivity contribution in [3.8, 4) is 0 Å². The molecule has 0 saturated carbocycles. The van der Waals surface area contributed by atoms with E-state index in [4.69, 9.17) is 5.11 Å². The van der Waals surface area contributed by atoms with E-state index in [1.54, 1.807) is 0 Å². The minimum Gasteiger partial charge on any atom is -0.481 e. The number of hydrogen-bond donors (Lipinski definition) is 3. The molecule has 7 nitrogen and oxygen atoms in total. The minimum absolute atomic E-state index is 0.0603. The van der Waals surface area contributed by atoms with Gasteiger partial charge >= 0.3 is 12.0 Å². The molecule has 2 fully saturated rings. The van der Waals surface area contributed by atoms with E-state index in [-0.39, 0.29) is 18.9 Å². The number of rotatable bonds is 3. The van der Waals surface area contributed by atoms with Crippen LogP contribution in [0.3, 0.4) is 0 Å². The molecule has 1 spiro atoms. The second-order valence-electron chi connectivity index (χ2n) is 4.36. The van der Waals surface area contributed by atoms with Gasteiger partial charge in [-0.25, -0.2) is 4.79 Å². The number of piperidine rings is 1. The van der Waals surface area contributed by atoms with Crippen LogP contribution in [0.4, 0.5) is 4.79 Å². The van der Waals surface area contributed by atoms with Crippen LogP contribution in [0, 0.1) is 0 Å². The highest BCUT2D eigenvalue weighted by Crippen LogP contribution is 2.26. The van der Waals surface area contributed by atoms with Crippen molar-refractivity contribution in [3.05, 3.63) is 0 Å². The highest BCUT2D eigenvalue weighted by atomic mass is 16.4. The van der Waals surface area contributed by atoms with Gasteiger partial charge < -0.3 is 15.7 Å². The number of carbonyl (C=O) groups is 3. The third-order valence-corrected chi connectivity index (χ3v) is 3.25. The molecule has 3 N–H and O–H groups in total. The smallest absolute Gasteiger partial charge is 0.325 e. The lowest BCUT2D eigenvalue weighted by atomic mass is 9.88. The van der Waals surface area contributed by atoms with E-state index in [0.717, 1.165) is 4.90 Å². The molecule has 94 valence electrons. The summed E-state index contributed by atoms with van der Waals surface area (Å²) in [6.45, 7) is 1.30. The Labute approximate surface area is 98.2 Å². The van der Waals surface area contributed by atoms with E-state index >= 15 is 0 Å². The molecule has 2 heterocycles. The lowest BCUT2D eigenvalue weighted by Gasteiger charge is -2.31. The van der Waals surface area contributed by atoms with Gasteiger partial charge in [-0.2, -0.15) is 0 Å². The van der Waals surface area contributed by atoms with Crippen molar-refractivity contribution in [1.82, 2.24) is 15.5 Å². The van der Waals surface area contributed by atoms with Crippen LogP contribution in [0.2, 0.25) is 0 Å². The van der Waals surface area contributed by atoms with Gasteiger partial charge in [-0.3, -0.25) is 14.5 Å². The maximum absolute atomic E-state index is 12.1. The Morgan fingerprint density at radius 1 is 1.35 bits per heavy atom. The molecule has 2 saturated heterocycles. The van der Waals surface area contributed by atoms with Gasteiger partial charge in [0.1, 0.15) is 5.54 Å². The van der Waals surface area contributed by atoms with Crippen molar-refractivity contribution in [2.75, 3.05) is 19.6 Å². The Morgan fingerprint density at radius 2 is 2.00 bits per heavy atom. The first kappa shape index (κ1) is 11.8. The van der Waals surface area contributed by atoms with Gasteiger partial charge in [0.15, 0.2) is 0 Å². The molecule has 0 aromatic rings. The quantitative estimate of drug-likeness (QED) is 0.558. The number of amides is 3. The van der Waals surface area contributed by atoms with Gasteiger partial charge in [0.25, 0.3) is 5.91 Å². The molecule has 0 aromatic carbocycles. The van der Waals surface area contributed by atoms with Crippen LogP contribution in [0.5, 0.6) is 0 Å². The standard InChI is InChI=1S/C10H15N3O4/c14-7(15)1-6-13-8(16)10(12-9(13)17)2-4-11-5-3-10/h11H,1-6H2,(H,12,17)(H,14,15). The number of carbonyl (C=O) groups excluding carboxylic acids is 2. The second-order valence-corrected chi connectivity index (χ2v) is 4.36. The first-order chi connectivity index (χ1) is 8.05. The molecule has 0 bridgehead atoms. The average Bonchev–Trinajstić information content (AvgIpc) is 2.50. The Kier molecular flexibility index (Phi) is 3.01. The zero-order chi connectivity index (χ0) is 12.5. The highest BCUT2D eigenvalue weighted by molar-refractivity contribution is 6.07. The third-order valence-electron chi connectivity index (χ3n) is 3.25. The fourth-order valence-electron chi connectivity index (χ4n) is 2.28. The van der Waals surface area contributed by atoms with Crippen LogP contribution in [-0.4, -0.2) is 53.1 Å².